The van der Waals surface area contributed by atoms with Crippen molar-refractivity contribution in [2.24, 2.45) is 0 Å². The number of hydrogen-bond acceptors (Lipinski definition) is 4. The molecule has 5 nitrogen and oxygen atoms in total. The number of benzene rings is 1. The number of carbonyl (C=O) groups is 1. The summed E-state index contributed by atoms with van der Waals surface area (Å²) in [4.78, 5) is 15.1. The molecule has 0 saturated heterocycles. The Labute approximate surface area is 106 Å². The van der Waals surface area contributed by atoms with Gasteiger partial charge in [-0.1, -0.05) is 0 Å². The smallest absolute Gasteiger partial charge is 0.356 e. The molecule has 1 N–H and O–H groups in total. The predicted octanol–water partition coefficient (Wildman–Crippen LogP) is 2.49. The first-order chi connectivity index (χ1) is 8.65. The van der Waals surface area contributed by atoms with Gasteiger partial charge in [0.05, 0.1) is 21.4 Å². The fourth-order valence-corrected chi connectivity index (χ4v) is 2.53. The normalized spacial score (nSPS) is 10.9. The zero-order valence-electron chi connectivity index (χ0n) is 9.49. The van der Waals surface area contributed by atoms with Crippen molar-refractivity contribution in [2.45, 2.75) is 6.92 Å². The van der Waals surface area contributed by atoms with Crippen LogP contribution in [0.15, 0.2) is 29.8 Å². The summed E-state index contributed by atoms with van der Waals surface area (Å²) in [5.41, 5.74) is 4.41. The van der Waals surface area contributed by atoms with Crippen LogP contribution in [0.3, 0.4) is 0 Å². The Bertz CT molecular complexity index is 745. The highest BCUT2D eigenvalue weighted by Crippen LogP contribution is 2.22. The number of aromatic carboxylic acids is 1. The van der Waals surface area contributed by atoms with Crippen molar-refractivity contribution < 1.29 is 9.90 Å². The first-order valence-electron chi connectivity index (χ1n) is 5.29. The Balaban J connectivity index is 2.15. The van der Waals surface area contributed by atoms with Crippen molar-refractivity contribution in [2.75, 3.05) is 0 Å². The molecular weight excluding hydrogens is 250 g/mol. The van der Waals surface area contributed by atoms with E-state index in [1.807, 2.05) is 25.1 Å². The van der Waals surface area contributed by atoms with E-state index in [2.05, 4.69) is 10.1 Å². The minimum Gasteiger partial charge on any atom is -0.476 e. The molecule has 2 aromatic heterocycles. The van der Waals surface area contributed by atoms with Crippen LogP contribution in [-0.4, -0.2) is 25.8 Å². The van der Waals surface area contributed by atoms with Gasteiger partial charge in [0, 0.05) is 5.69 Å². The SMILES string of the molecule is Cc1cc(C(=O)O)nn1-c1ccc2ncsc2c1. The minimum atomic E-state index is -1.02. The summed E-state index contributed by atoms with van der Waals surface area (Å²) in [6, 6.07) is 7.30. The largest absolute Gasteiger partial charge is 0.476 e. The lowest BCUT2D eigenvalue weighted by Gasteiger charge is -2.03. The highest BCUT2D eigenvalue weighted by atomic mass is 32.1. The Morgan fingerprint density at radius 3 is 2.94 bits per heavy atom. The average Bonchev–Trinajstić information content (AvgIpc) is 2.93. The summed E-state index contributed by atoms with van der Waals surface area (Å²) in [5.74, 6) is -1.02. The molecule has 3 aromatic rings. The molecule has 0 saturated carbocycles. The molecule has 0 fully saturated rings. The molecule has 90 valence electrons. The lowest BCUT2D eigenvalue weighted by Crippen LogP contribution is -2.02. The summed E-state index contributed by atoms with van der Waals surface area (Å²) in [6.45, 7) is 1.83. The van der Waals surface area contributed by atoms with Crippen LogP contribution in [0, 0.1) is 6.92 Å². The number of carboxylic acid groups (broad SMARTS) is 1. The van der Waals surface area contributed by atoms with Gasteiger partial charge in [-0.2, -0.15) is 5.10 Å². The minimum absolute atomic E-state index is 0.0527. The van der Waals surface area contributed by atoms with E-state index in [0.29, 0.717) is 0 Å². The maximum atomic E-state index is 10.9. The van der Waals surface area contributed by atoms with Gasteiger partial charge in [-0.25, -0.2) is 14.5 Å². The highest BCUT2D eigenvalue weighted by molar-refractivity contribution is 7.16. The fraction of sp³-hybridized carbons (Fsp3) is 0.0833. The quantitative estimate of drug-likeness (QED) is 0.767. The van der Waals surface area contributed by atoms with Crippen molar-refractivity contribution in [1.29, 1.82) is 0 Å². The topological polar surface area (TPSA) is 68.0 Å². The number of aryl methyl sites for hydroxylation is 1. The van der Waals surface area contributed by atoms with Crippen molar-refractivity contribution in [3.8, 4) is 5.69 Å². The molecule has 0 unspecified atom stereocenters. The van der Waals surface area contributed by atoms with E-state index in [-0.39, 0.29) is 5.69 Å². The Morgan fingerprint density at radius 1 is 1.39 bits per heavy atom. The van der Waals surface area contributed by atoms with Crippen LogP contribution < -0.4 is 0 Å². The third-order valence-corrected chi connectivity index (χ3v) is 3.46. The summed E-state index contributed by atoms with van der Waals surface area (Å²) < 4.78 is 2.68. The first-order valence-corrected chi connectivity index (χ1v) is 6.17. The zero-order chi connectivity index (χ0) is 12.7. The van der Waals surface area contributed by atoms with E-state index in [0.717, 1.165) is 21.6 Å². The molecule has 6 heteroatoms. The third kappa shape index (κ3) is 1.67. The van der Waals surface area contributed by atoms with Crippen LogP contribution >= 0.6 is 11.3 Å². The highest BCUT2D eigenvalue weighted by Gasteiger charge is 2.12. The van der Waals surface area contributed by atoms with Gasteiger partial charge in [-0.15, -0.1) is 11.3 Å². The molecule has 0 aliphatic heterocycles. The maximum Gasteiger partial charge on any atom is 0.356 e. The van der Waals surface area contributed by atoms with E-state index >= 15 is 0 Å². The van der Waals surface area contributed by atoms with Crippen LogP contribution in [0.1, 0.15) is 16.2 Å². The van der Waals surface area contributed by atoms with Crippen LogP contribution in [0.5, 0.6) is 0 Å². The lowest BCUT2D eigenvalue weighted by atomic mass is 10.3. The van der Waals surface area contributed by atoms with Gasteiger partial charge in [0.2, 0.25) is 0 Å². The number of carboxylic acids is 1. The maximum absolute atomic E-state index is 10.9. The molecule has 0 aliphatic carbocycles. The van der Waals surface area contributed by atoms with Gasteiger partial charge in [-0.3, -0.25) is 0 Å². The van der Waals surface area contributed by atoms with E-state index in [9.17, 15) is 4.79 Å². The predicted molar refractivity (Wildman–Crippen MR) is 68.4 cm³/mol. The fourth-order valence-electron chi connectivity index (χ4n) is 1.82. The summed E-state index contributed by atoms with van der Waals surface area (Å²) in [7, 11) is 0. The first kappa shape index (κ1) is 10.9. The summed E-state index contributed by atoms with van der Waals surface area (Å²) in [5, 5.41) is 13.0. The molecule has 18 heavy (non-hydrogen) atoms. The number of rotatable bonds is 2. The van der Waals surface area contributed by atoms with E-state index in [1.165, 1.54) is 0 Å². The van der Waals surface area contributed by atoms with Gasteiger partial charge < -0.3 is 5.11 Å². The Kier molecular flexibility index (Phi) is 2.38. The molecule has 0 aliphatic rings. The number of thiazole rings is 1. The second-order valence-electron chi connectivity index (χ2n) is 3.89. The number of aromatic nitrogens is 3. The molecule has 0 atom stereocenters. The summed E-state index contributed by atoms with van der Waals surface area (Å²) >= 11 is 1.55. The van der Waals surface area contributed by atoms with Crippen LogP contribution in [0.2, 0.25) is 0 Å². The zero-order valence-corrected chi connectivity index (χ0v) is 10.3. The Hall–Kier alpha value is -2.21. The summed E-state index contributed by atoms with van der Waals surface area (Å²) in [6.07, 6.45) is 0. The molecule has 0 bridgehead atoms. The van der Waals surface area contributed by atoms with Gasteiger partial charge >= 0.3 is 5.97 Å². The lowest BCUT2D eigenvalue weighted by molar-refractivity contribution is 0.0690. The Morgan fingerprint density at radius 2 is 2.22 bits per heavy atom. The van der Waals surface area contributed by atoms with Gasteiger partial charge in [0.1, 0.15) is 0 Å². The van der Waals surface area contributed by atoms with Crippen LogP contribution in [0.4, 0.5) is 0 Å². The van der Waals surface area contributed by atoms with Crippen molar-refractivity contribution in [3.63, 3.8) is 0 Å². The number of nitrogens with zero attached hydrogens (tertiary/aromatic N) is 3. The van der Waals surface area contributed by atoms with Gasteiger partial charge in [0.15, 0.2) is 5.69 Å². The molecule has 3 rings (SSSR count). The van der Waals surface area contributed by atoms with Crippen LogP contribution in [-0.2, 0) is 0 Å². The van der Waals surface area contributed by atoms with E-state index < -0.39 is 5.97 Å². The standard InChI is InChI=1S/C12H9N3O2S/c1-7-4-10(12(16)17)14-15(7)8-2-3-9-11(5-8)18-6-13-9/h2-6H,1H3,(H,16,17). The van der Waals surface area contributed by atoms with Crippen molar-refractivity contribution >= 4 is 27.5 Å². The number of hydrogen-bond donors (Lipinski definition) is 1. The van der Waals surface area contributed by atoms with Gasteiger partial charge in [0.25, 0.3) is 0 Å². The number of fused-ring (bicyclic) bond motifs is 1. The van der Waals surface area contributed by atoms with E-state index in [4.69, 9.17) is 5.11 Å². The molecule has 1 aromatic carbocycles. The molecule has 0 radical (unpaired) electrons. The van der Waals surface area contributed by atoms with Gasteiger partial charge in [-0.05, 0) is 31.2 Å². The van der Waals surface area contributed by atoms with Crippen LogP contribution in [0.25, 0.3) is 15.9 Å². The molecule has 0 spiro atoms. The third-order valence-electron chi connectivity index (χ3n) is 2.67. The van der Waals surface area contributed by atoms with E-state index in [1.54, 1.807) is 27.6 Å². The van der Waals surface area contributed by atoms with Crippen molar-refractivity contribution in [1.82, 2.24) is 14.8 Å². The molecule has 2 heterocycles. The average molecular weight is 259 g/mol. The second kappa shape index (κ2) is 3.92. The molecule has 0 amide bonds. The molecular formula is C12H9N3O2S. The monoisotopic (exact) mass is 259 g/mol. The van der Waals surface area contributed by atoms with Crippen molar-refractivity contribution in [3.05, 3.63) is 41.2 Å². The second-order valence-corrected chi connectivity index (χ2v) is 4.78.